The summed E-state index contributed by atoms with van der Waals surface area (Å²) in [6.45, 7) is -1.11. The van der Waals surface area contributed by atoms with E-state index in [1.165, 1.54) is 41.3 Å². The van der Waals surface area contributed by atoms with Crippen LogP contribution in [0, 0.1) is 34.9 Å². The summed E-state index contributed by atoms with van der Waals surface area (Å²) in [6, 6.07) is 9.75. The van der Waals surface area contributed by atoms with Gasteiger partial charge in [-0.15, -0.1) is 4.40 Å². The van der Waals surface area contributed by atoms with Crippen LogP contribution in [0.2, 0.25) is 0 Å². The summed E-state index contributed by atoms with van der Waals surface area (Å²) in [5.41, 5.74) is -1.90. The summed E-state index contributed by atoms with van der Waals surface area (Å²) in [6.07, 6.45) is 2.20. The third-order valence-corrected chi connectivity index (χ3v) is 6.91. The molecule has 0 aliphatic carbocycles. The van der Waals surface area contributed by atoms with Crippen LogP contribution < -0.4 is 5.56 Å². The first kappa shape index (κ1) is 28.5. The van der Waals surface area contributed by atoms with E-state index in [1.54, 1.807) is 14.1 Å². The van der Waals surface area contributed by atoms with Crippen LogP contribution in [-0.2, 0) is 16.6 Å². The Morgan fingerprint density at radius 1 is 0.825 bits per heavy atom. The molecule has 3 aromatic carbocycles. The van der Waals surface area contributed by atoms with Gasteiger partial charge < -0.3 is 4.90 Å². The smallest absolute Gasteiger partial charge is 0.283 e. The minimum atomic E-state index is -4.04. The van der Waals surface area contributed by atoms with Crippen LogP contribution in [0.3, 0.4) is 0 Å². The maximum Gasteiger partial charge on any atom is 0.283 e. The number of nitrogens with zero attached hydrogens (tertiary/aromatic N) is 4. The fraction of sp³-hybridized carbons (Fsp3) is 0.115. The van der Waals surface area contributed by atoms with Crippen molar-refractivity contribution < 1.29 is 34.8 Å². The molecule has 14 heteroatoms. The molecule has 1 heterocycles. The molecule has 0 unspecified atom stereocenters. The van der Waals surface area contributed by atoms with E-state index in [0.29, 0.717) is 4.68 Å². The summed E-state index contributed by atoms with van der Waals surface area (Å²) >= 11 is 0. The molecule has 0 N–H and O–H groups in total. The minimum absolute atomic E-state index is 0.117. The summed E-state index contributed by atoms with van der Waals surface area (Å²) < 4.78 is 112. The molecular formula is C26H18F6N4O3S. The molecule has 0 aliphatic rings. The molecule has 0 aliphatic heterocycles. The van der Waals surface area contributed by atoms with E-state index in [1.807, 2.05) is 0 Å². The van der Waals surface area contributed by atoms with Crippen LogP contribution in [0.15, 0.2) is 68.8 Å². The normalized spacial score (nSPS) is 11.8. The third-order valence-electron chi connectivity index (χ3n) is 5.67. The SMILES string of the molecule is CN(C)/C=N/S(=O)(=O)c1ccc(-c2cnn(Cc3c(F)c(F)c(F)c(F)c3F)c(=O)c2-c2ccc(F)cc2)cc1. The van der Waals surface area contributed by atoms with Crippen LogP contribution in [0.1, 0.15) is 5.56 Å². The Morgan fingerprint density at radius 2 is 1.35 bits per heavy atom. The quantitative estimate of drug-likeness (QED) is 0.104. The third kappa shape index (κ3) is 5.47. The highest BCUT2D eigenvalue weighted by Gasteiger charge is 2.27. The van der Waals surface area contributed by atoms with E-state index < -0.39 is 62.6 Å². The number of hydrogen-bond acceptors (Lipinski definition) is 4. The zero-order valence-electron chi connectivity index (χ0n) is 20.7. The molecule has 0 bridgehead atoms. The first-order chi connectivity index (χ1) is 18.8. The van der Waals surface area contributed by atoms with Gasteiger partial charge in [-0.3, -0.25) is 4.79 Å². The predicted molar refractivity (Wildman–Crippen MR) is 134 cm³/mol. The Morgan fingerprint density at radius 3 is 1.90 bits per heavy atom. The van der Waals surface area contributed by atoms with Crippen molar-refractivity contribution in [3.8, 4) is 22.3 Å². The standard InChI is InChI=1S/C26H18F6N4O3S/c1-35(2)13-34-40(38,39)17-9-5-14(6-10-17)18-11-33-36(26(37)20(18)15-3-7-16(27)8-4-15)12-19-21(28)23(30)25(32)24(31)22(19)29/h3-11,13H,12H2,1-2H3/b34-13+. The topological polar surface area (TPSA) is 84.6 Å². The largest absolute Gasteiger partial charge is 0.368 e. The molecule has 0 radical (unpaired) electrons. The molecule has 0 fully saturated rings. The van der Waals surface area contributed by atoms with Crippen molar-refractivity contribution in [2.45, 2.75) is 11.4 Å². The van der Waals surface area contributed by atoms with Gasteiger partial charge in [0.15, 0.2) is 23.3 Å². The summed E-state index contributed by atoms with van der Waals surface area (Å²) in [5, 5.41) is 3.85. The number of rotatable bonds is 7. The molecule has 0 spiro atoms. The van der Waals surface area contributed by atoms with E-state index in [9.17, 15) is 39.6 Å². The summed E-state index contributed by atoms with van der Waals surface area (Å²) in [4.78, 5) is 14.7. The Labute approximate surface area is 223 Å². The van der Waals surface area contributed by atoms with Gasteiger partial charge >= 0.3 is 0 Å². The fourth-order valence-electron chi connectivity index (χ4n) is 3.68. The number of hydrogen-bond donors (Lipinski definition) is 0. The summed E-state index contributed by atoms with van der Waals surface area (Å²) in [7, 11) is -0.877. The van der Waals surface area contributed by atoms with Crippen molar-refractivity contribution >= 4 is 16.4 Å². The van der Waals surface area contributed by atoms with Gasteiger partial charge in [0, 0.05) is 19.7 Å². The van der Waals surface area contributed by atoms with Gasteiger partial charge in [-0.2, -0.15) is 13.5 Å². The lowest BCUT2D eigenvalue weighted by atomic mass is 9.97. The Balaban J connectivity index is 1.86. The molecule has 1 aromatic heterocycles. The first-order valence-electron chi connectivity index (χ1n) is 11.3. The lowest BCUT2D eigenvalue weighted by molar-refractivity contribution is 0.366. The zero-order valence-corrected chi connectivity index (χ0v) is 21.5. The molecule has 0 saturated carbocycles. The van der Waals surface area contributed by atoms with Gasteiger partial charge in [0.2, 0.25) is 5.82 Å². The van der Waals surface area contributed by atoms with E-state index in [2.05, 4.69) is 9.50 Å². The second-order valence-electron chi connectivity index (χ2n) is 8.64. The molecular weight excluding hydrogens is 562 g/mol. The molecule has 0 atom stereocenters. The first-order valence-corrected chi connectivity index (χ1v) is 12.7. The highest BCUT2D eigenvalue weighted by atomic mass is 32.2. The van der Waals surface area contributed by atoms with Crippen LogP contribution in [-0.4, -0.2) is 43.5 Å². The number of halogens is 6. The van der Waals surface area contributed by atoms with Gasteiger partial charge in [0.25, 0.3) is 15.6 Å². The van der Waals surface area contributed by atoms with E-state index >= 15 is 0 Å². The molecule has 7 nitrogen and oxygen atoms in total. The van der Waals surface area contributed by atoms with Crippen molar-refractivity contribution in [1.29, 1.82) is 0 Å². The monoisotopic (exact) mass is 580 g/mol. The lowest BCUT2D eigenvalue weighted by Gasteiger charge is -2.14. The van der Waals surface area contributed by atoms with Gasteiger partial charge in [0.1, 0.15) is 12.2 Å². The van der Waals surface area contributed by atoms with E-state index in [0.717, 1.165) is 24.7 Å². The highest BCUT2D eigenvalue weighted by Crippen LogP contribution is 2.30. The maximum atomic E-state index is 14.3. The summed E-state index contributed by atoms with van der Waals surface area (Å²) in [5.74, 6) is -11.6. The van der Waals surface area contributed by atoms with Crippen LogP contribution in [0.4, 0.5) is 26.3 Å². The second-order valence-corrected chi connectivity index (χ2v) is 10.3. The van der Waals surface area contributed by atoms with Crippen molar-refractivity contribution in [3.63, 3.8) is 0 Å². The van der Waals surface area contributed by atoms with Crippen molar-refractivity contribution in [1.82, 2.24) is 14.7 Å². The van der Waals surface area contributed by atoms with Gasteiger partial charge in [-0.1, -0.05) is 24.3 Å². The average molecular weight is 581 g/mol. The highest BCUT2D eigenvalue weighted by molar-refractivity contribution is 7.90. The molecule has 4 aromatic rings. The van der Waals surface area contributed by atoms with Gasteiger partial charge in [0.05, 0.1) is 28.8 Å². The molecule has 4 rings (SSSR count). The molecule has 0 saturated heterocycles. The Bertz CT molecular complexity index is 1760. The molecule has 40 heavy (non-hydrogen) atoms. The van der Waals surface area contributed by atoms with Crippen molar-refractivity contribution in [2.75, 3.05) is 14.1 Å². The van der Waals surface area contributed by atoms with Crippen LogP contribution >= 0.6 is 0 Å². The molecule has 208 valence electrons. The van der Waals surface area contributed by atoms with Crippen molar-refractivity contribution in [3.05, 3.63) is 106 Å². The predicted octanol–water partition coefficient (Wildman–Crippen LogP) is 4.74. The van der Waals surface area contributed by atoms with Gasteiger partial charge in [-0.05, 0) is 35.4 Å². The minimum Gasteiger partial charge on any atom is -0.368 e. The number of benzene rings is 3. The van der Waals surface area contributed by atoms with E-state index in [-0.39, 0.29) is 27.1 Å². The zero-order chi connectivity index (χ0) is 29.4. The van der Waals surface area contributed by atoms with Crippen LogP contribution in [0.25, 0.3) is 22.3 Å². The second kappa shape index (κ2) is 11.0. The Kier molecular flexibility index (Phi) is 7.82. The lowest BCUT2D eigenvalue weighted by Crippen LogP contribution is -2.27. The molecule has 0 amide bonds. The fourth-order valence-corrected chi connectivity index (χ4v) is 4.59. The maximum absolute atomic E-state index is 14.3. The number of aromatic nitrogens is 2. The average Bonchev–Trinajstić information content (AvgIpc) is 2.93. The van der Waals surface area contributed by atoms with Gasteiger partial charge in [-0.25, -0.2) is 31.0 Å². The van der Waals surface area contributed by atoms with Crippen LogP contribution in [0.5, 0.6) is 0 Å². The number of sulfonamides is 1. The Hall–Kier alpha value is -4.46. The van der Waals surface area contributed by atoms with Crippen molar-refractivity contribution in [2.24, 2.45) is 4.40 Å². The van der Waals surface area contributed by atoms with E-state index in [4.69, 9.17) is 0 Å².